The van der Waals surface area contributed by atoms with Crippen LogP contribution >= 0.6 is 35.7 Å². The Morgan fingerprint density at radius 2 is 1.92 bits per heavy atom. The molecule has 0 saturated carbocycles. The number of nitrogens with zero attached hydrogens (tertiary/aromatic N) is 1. The predicted octanol–water partition coefficient (Wildman–Crippen LogP) is 4.74. The van der Waals surface area contributed by atoms with Crippen molar-refractivity contribution in [1.82, 2.24) is 0 Å². The molecule has 6 heteroatoms. The summed E-state index contributed by atoms with van der Waals surface area (Å²) in [4.78, 5) is 4.29. The number of hydrogen-bond acceptors (Lipinski definition) is 3. The molecule has 24 heavy (non-hydrogen) atoms. The van der Waals surface area contributed by atoms with Crippen molar-refractivity contribution in [3.63, 3.8) is 0 Å². The molecule has 0 atom stereocenters. The summed E-state index contributed by atoms with van der Waals surface area (Å²) in [6, 6.07) is 17.3. The van der Waals surface area contributed by atoms with E-state index in [9.17, 15) is 0 Å². The van der Waals surface area contributed by atoms with E-state index in [1.165, 1.54) is 0 Å². The van der Waals surface area contributed by atoms with Crippen LogP contribution in [0, 0.1) is 0 Å². The first-order valence-electron chi connectivity index (χ1n) is 7.36. The zero-order valence-corrected chi connectivity index (χ0v) is 16.5. The summed E-state index contributed by atoms with van der Waals surface area (Å²) in [6.07, 6.45) is 1.88. The minimum atomic E-state index is 0. The molecule has 0 aromatic heterocycles. The average molecular weight is 455 g/mol. The highest BCUT2D eigenvalue weighted by Gasteiger charge is 2.00. The minimum absolute atomic E-state index is 0. The molecule has 0 aliphatic carbocycles. The molecule has 0 amide bonds. The molecule has 0 saturated heterocycles. The standard InChI is InChI=1S/C18H21N3OS.HI/c1-2-12-23-13-11-20-18(19)21-15-7-6-10-17(14-15)22-16-8-4-3-5-9-16;/h2-10,14H,1,11-13H2,(H3,19,20,21);1H. The summed E-state index contributed by atoms with van der Waals surface area (Å²) < 4.78 is 5.79. The maximum atomic E-state index is 5.89. The summed E-state index contributed by atoms with van der Waals surface area (Å²) in [5.41, 5.74) is 6.74. The zero-order chi connectivity index (χ0) is 16.3. The predicted molar refractivity (Wildman–Crippen MR) is 116 cm³/mol. The highest BCUT2D eigenvalue weighted by molar-refractivity contribution is 14.0. The van der Waals surface area contributed by atoms with E-state index in [4.69, 9.17) is 10.5 Å². The van der Waals surface area contributed by atoms with Crippen molar-refractivity contribution in [2.45, 2.75) is 0 Å². The Morgan fingerprint density at radius 3 is 2.67 bits per heavy atom. The van der Waals surface area contributed by atoms with Crippen molar-refractivity contribution >= 4 is 47.4 Å². The average Bonchev–Trinajstić information content (AvgIpc) is 2.56. The second-order valence-corrected chi connectivity index (χ2v) is 5.85. The lowest BCUT2D eigenvalue weighted by Crippen LogP contribution is -2.23. The number of rotatable bonds is 8. The molecule has 0 radical (unpaired) electrons. The molecule has 0 fully saturated rings. The molecule has 0 spiro atoms. The Labute approximate surface area is 164 Å². The van der Waals surface area contributed by atoms with Gasteiger partial charge in [-0.3, -0.25) is 4.99 Å². The number of ether oxygens (including phenoxy) is 1. The van der Waals surface area contributed by atoms with Gasteiger partial charge in [0.05, 0.1) is 6.54 Å². The molecule has 4 nitrogen and oxygen atoms in total. The van der Waals surface area contributed by atoms with E-state index in [0.717, 1.165) is 28.7 Å². The summed E-state index contributed by atoms with van der Waals surface area (Å²) in [5, 5.41) is 3.08. The second kappa shape index (κ2) is 11.8. The normalized spacial score (nSPS) is 10.6. The van der Waals surface area contributed by atoms with Crippen LogP contribution in [-0.4, -0.2) is 24.0 Å². The van der Waals surface area contributed by atoms with Gasteiger partial charge in [0.1, 0.15) is 11.5 Å². The molecule has 3 N–H and O–H groups in total. The van der Waals surface area contributed by atoms with Crippen LogP contribution in [0.1, 0.15) is 0 Å². The summed E-state index contributed by atoms with van der Waals surface area (Å²) in [7, 11) is 0. The van der Waals surface area contributed by atoms with Gasteiger partial charge in [-0.15, -0.1) is 30.6 Å². The van der Waals surface area contributed by atoms with Crippen molar-refractivity contribution in [1.29, 1.82) is 0 Å². The Bertz CT molecular complexity index is 650. The maximum absolute atomic E-state index is 5.89. The number of benzene rings is 2. The fourth-order valence-electron chi connectivity index (χ4n) is 1.85. The lowest BCUT2D eigenvalue weighted by Gasteiger charge is -2.09. The van der Waals surface area contributed by atoms with Gasteiger partial charge in [-0.25, -0.2) is 0 Å². The van der Waals surface area contributed by atoms with Gasteiger partial charge < -0.3 is 15.8 Å². The molecule has 0 heterocycles. The molecule has 2 aromatic carbocycles. The molecule has 2 aromatic rings. The smallest absolute Gasteiger partial charge is 0.193 e. The highest BCUT2D eigenvalue weighted by Crippen LogP contribution is 2.23. The van der Waals surface area contributed by atoms with Crippen LogP contribution in [0.4, 0.5) is 5.69 Å². The Morgan fingerprint density at radius 1 is 1.17 bits per heavy atom. The summed E-state index contributed by atoms with van der Waals surface area (Å²) >= 11 is 1.78. The van der Waals surface area contributed by atoms with Crippen LogP contribution in [0.5, 0.6) is 11.5 Å². The van der Waals surface area contributed by atoms with Crippen LogP contribution in [0.25, 0.3) is 0 Å². The second-order valence-electron chi connectivity index (χ2n) is 4.70. The van der Waals surface area contributed by atoms with E-state index in [1.807, 2.05) is 60.7 Å². The fraction of sp³-hybridized carbons (Fsp3) is 0.167. The van der Waals surface area contributed by atoms with Gasteiger partial charge in [0.15, 0.2) is 5.96 Å². The first-order chi connectivity index (χ1) is 11.3. The molecule has 0 unspecified atom stereocenters. The van der Waals surface area contributed by atoms with Crippen LogP contribution in [0.2, 0.25) is 0 Å². The largest absolute Gasteiger partial charge is 0.457 e. The Hall–Kier alpha value is -1.67. The number of nitrogens with two attached hydrogens (primary N) is 1. The fourth-order valence-corrected chi connectivity index (χ4v) is 2.40. The maximum Gasteiger partial charge on any atom is 0.193 e. The summed E-state index contributed by atoms with van der Waals surface area (Å²) in [5.74, 6) is 3.80. The van der Waals surface area contributed by atoms with Gasteiger partial charge >= 0.3 is 0 Å². The molecule has 0 bridgehead atoms. The Kier molecular flexibility index (Phi) is 10.0. The van der Waals surface area contributed by atoms with Gasteiger partial charge in [0, 0.05) is 23.3 Å². The van der Waals surface area contributed by atoms with Crippen molar-refractivity contribution in [2.75, 3.05) is 23.4 Å². The minimum Gasteiger partial charge on any atom is -0.457 e. The van der Waals surface area contributed by atoms with Crippen molar-refractivity contribution in [2.24, 2.45) is 10.7 Å². The number of aliphatic imine (C=N–C) groups is 1. The van der Waals surface area contributed by atoms with Crippen molar-refractivity contribution in [3.05, 3.63) is 67.3 Å². The first kappa shape index (κ1) is 20.4. The van der Waals surface area contributed by atoms with Gasteiger partial charge in [-0.05, 0) is 24.3 Å². The van der Waals surface area contributed by atoms with Crippen LogP contribution in [-0.2, 0) is 0 Å². The molecule has 128 valence electrons. The number of anilines is 1. The highest BCUT2D eigenvalue weighted by atomic mass is 127. The number of halogens is 1. The number of thioether (sulfide) groups is 1. The summed E-state index contributed by atoms with van der Waals surface area (Å²) in [6.45, 7) is 4.36. The molecular weight excluding hydrogens is 433 g/mol. The van der Waals surface area contributed by atoms with Crippen LogP contribution < -0.4 is 15.8 Å². The zero-order valence-electron chi connectivity index (χ0n) is 13.4. The van der Waals surface area contributed by atoms with Gasteiger partial charge in [-0.2, -0.15) is 11.8 Å². The third-order valence-electron chi connectivity index (χ3n) is 2.84. The van der Waals surface area contributed by atoms with Gasteiger partial charge in [-0.1, -0.05) is 30.3 Å². The van der Waals surface area contributed by atoms with E-state index in [0.29, 0.717) is 12.5 Å². The van der Waals surface area contributed by atoms with Crippen LogP contribution in [0.15, 0.2) is 72.2 Å². The van der Waals surface area contributed by atoms with Crippen LogP contribution in [0.3, 0.4) is 0 Å². The van der Waals surface area contributed by atoms with Gasteiger partial charge in [0.25, 0.3) is 0 Å². The lowest BCUT2D eigenvalue weighted by atomic mass is 10.3. The van der Waals surface area contributed by atoms with E-state index >= 15 is 0 Å². The first-order valence-corrected chi connectivity index (χ1v) is 8.52. The number of guanidine groups is 1. The number of nitrogens with one attached hydrogen (secondary N) is 1. The van der Waals surface area contributed by atoms with Gasteiger partial charge in [0.2, 0.25) is 0 Å². The molecule has 0 aliphatic rings. The van der Waals surface area contributed by atoms with E-state index < -0.39 is 0 Å². The van der Waals surface area contributed by atoms with E-state index in [1.54, 1.807) is 11.8 Å². The molecule has 2 rings (SSSR count). The third kappa shape index (κ3) is 7.74. The lowest BCUT2D eigenvalue weighted by molar-refractivity contribution is 0.483. The third-order valence-corrected chi connectivity index (χ3v) is 3.78. The van der Waals surface area contributed by atoms with E-state index in [-0.39, 0.29) is 24.0 Å². The SMILES string of the molecule is C=CCSCCN=C(N)Nc1cccc(Oc2ccccc2)c1.I. The van der Waals surface area contributed by atoms with Crippen molar-refractivity contribution < 1.29 is 4.74 Å². The van der Waals surface area contributed by atoms with E-state index in [2.05, 4.69) is 16.9 Å². The van der Waals surface area contributed by atoms with Crippen molar-refractivity contribution in [3.8, 4) is 11.5 Å². The quantitative estimate of drug-likeness (QED) is 0.199. The Balaban J connectivity index is 0.00000288. The number of hydrogen-bond donors (Lipinski definition) is 2. The molecule has 0 aliphatic heterocycles. The molecular formula is C18H22IN3OS. The number of para-hydroxylation sites is 1. The topological polar surface area (TPSA) is 59.6 Å². The monoisotopic (exact) mass is 455 g/mol.